The Labute approximate surface area is 80.1 Å². The van der Waals surface area contributed by atoms with Gasteiger partial charge in [0, 0.05) is 6.04 Å². The molecule has 76 valence electrons. The van der Waals surface area contributed by atoms with Crippen LogP contribution in [0, 0.1) is 5.92 Å². The van der Waals surface area contributed by atoms with Crippen molar-refractivity contribution in [2.45, 2.75) is 44.7 Å². The minimum absolute atomic E-state index is 0.0373. The number of nitrogens with two attached hydrogens (primary N) is 1. The Hall–Kier alpha value is -0.410. The van der Waals surface area contributed by atoms with Gasteiger partial charge < -0.3 is 11.1 Å². The Morgan fingerprint density at radius 1 is 1.62 bits per heavy atom. The molecule has 0 bridgehead atoms. The van der Waals surface area contributed by atoms with Gasteiger partial charge in [0.05, 0.1) is 6.04 Å². The van der Waals surface area contributed by atoms with Gasteiger partial charge in [0.25, 0.3) is 0 Å². The number of hydrogen-bond acceptors (Lipinski definition) is 3. The molecule has 1 saturated carbocycles. The molecule has 3 heteroatoms. The molecule has 3 unspecified atom stereocenters. The summed E-state index contributed by atoms with van der Waals surface area (Å²) in [7, 11) is 1.85. The number of rotatable bonds is 4. The molecular formula is C10H20N2O. The van der Waals surface area contributed by atoms with E-state index in [1.54, 1.807) is 6.92 Å². The van der Waals surface area contributed by atoms with E-state index in [2.05, 4.69) is 5.32 Å². The van der Waals surface area contributed by atoms with E-state index in [1.165, 1.54) is 6.42 Å². The summed E-state index contributed by atoms with van der Waals surface area (Å²) in [6.45, 7) is 1.65. The second-order valence-electron chi connectivity index (χ2n) is 4.13. The van der Waals surface area contributed by atoms with Crippen LogP contribution in [-0.2, 0) is 4.79 Å². The van der Waals surface area contributed by atoms with Gasteiger partial charge in [-0.15, -0.1) is 0 Å². The van der Waals surface area contributed by atoms with Gasteiger partial charge in [-0.1, -0.05) is 0 Å². The van der Waals surface area contributed by atoms with E-state index in [0.29, 0.717) is 12.0 Å². The largest absolute Gasteiger partial charge is 0.328 e. The Morgan fingerprint density at radius 3 is 2.69 bits per heavy atom. The van der Waals surface area contributed by atoms with Crippen molar-refractivity contribution in [3.63, 3.8) is 0 Å². The third kappa shape index (κ3) is 3.08. The number of likely N-dealkylation sites (N-methyl/N-ethyl adjacent to an activating group) is 1. The average molecular weight is 184 g/mol. The van der Waals surface area contributed by atoms with Crippen LogP contribution < -0.4 is 11.1 Å². The Bertz CT molecular complexity index is 182. The predicted molar refractivity (Wildman–Crippen MR) is 53.5 cm³/mol. The molecular weight excluding hydrogens is 164 g/mol. The molecule has 3 nitrogen and oxygen atoms in total. The summed E-state index contributed by atoms with van der Waals surface area (Å²) in [6.07, 6.45) is 4.36. The molecule has 0 heterocycles. The predicted octanol–water partition coefficient (Wildman–Crippen LogP) is 0.681. The molecule has 0 aliphatic heterocycles. The highest BCUT2D eigenvalue weighted by molar-refractivity contribution is 5.81. The average Bonchev–Trinajstić information content (AvgIpc) is 2.46. The lowest BCUT2D eigenvalue weighted by atomic mass is 9.96. The van der Waals surface area contributed by atoms with E-state index in [1.807, 2.05) is 7.05 Å². The first-order valence-electron chi connectivity index (χ1n) is 5.06. The minimum Gasteiger partial charge on any atom is -0.328 e. The highest BCUT2D eigenvalue weighted by Crippen LogP contribution is 2.28. The smallest absolute Gasteiger partial charge is 0.146 e. The lowest BCUT2D eigenvalue weighted by Crippen LogP contribution is -2.34. The Balaban J connectivity index is 2.34. The fourth-order valence-electron chi connectivity index (χ4n) is 2.15. The first kappa shape index (κ1) is 10.7. The van der Waals surface area contributed by atoms with Crippen LogP contribution in [0.25, 0.3) is 0 Å². The molecule has 0 aromatic carbocycles. The van der Waals surface area contributed by atoms with Gasteiger partial charge in [-0.2, -0.15) is 0 Å². The monoisotopic (exact) mass is 184 g/mol. The summed E-state index contributed by atoms with van der Waals surface area (Å²) in [4.78, 5) is 11.2. The molecule has 3 N–H and O–H groups in total. The van der Waals surface area contributed by atoms with Gasteiger partial charge in [0.15, 0.2) is 0 Å². The third-order valence-electron chi connectivity index (χ3n) is 2.99. The van der Waals surface area contributed by atoms with Crippen LogP contribution in [-0.4, -0.2) is 24.9 Å². The Morgan fingerprint density at radius 2 is 2.31 bits per heavy atom. The van der Waals surface area contributed by atoms with Crippen molar-refractivity contribution in [3.05, 3.63) is 0 Å². The van der Waals surface area contributed by atoms with Gasteiger partial charge in [0.2, 0.25) is 0 Å². The molecule has 3 atom stereocenters. The molecule has 13 heavy (non-hydrogen) atoms. The number of hydrogen-bond donors (Lipinski definition) is 2. The van der Waals surface area contributed by atoms with Crippen molar-refractivity contribution in [2.24, 2.45) is 11.7 Å². The van der Waals surface area contributed by atoms with E-state index in [4.69, 9.17) is 5.73 Å². The number of carbonyl (C=O) groups is 1. The summed E-state index contributed by atoms with van der Waals surface area (Å²) < 4.78 is 0. The number of nitrogens with one attached hydrogen (secondary N) is 1. The van der Waals surface area contributed by atoms with Crippen LogP contribution in [0.2, 0.25) is 0 Å². The van der Waals surface area contributed by atoms with Crippen LogP contribution in [0.1, 0.15) is 32.6 Å². The molecule has 0 spiro atoms. The van der Waals surface area contributed by atoms with E-state index < -0.39 is 0 Å². The van der Waals surface area contributed by atoms with Gasteiger partial charge in [-0.05, 0) is 45.6 Å². The van der Waals surface area contributed by atoms with Crippen LogP contribution in [0.5, 0.6) is 0 Å². The zero-order valence-corrected chi connectivity index (χ0v) is 8.55. The zero-order chi connectivity index (χ0) is 9.84. The maximum atomic E-state index is 11.2. The van der Waals surface area contributed by atoms with Crippen molar-refractivity contribution in [1.82, 2.24) is 5.32 Å². The second-order valence-corrected chi connectivity index (χ2v) is 4.13. The minimum atomic E-state index is 0.0373. The van der Waals surface area contributed by atoms with Gasteiger partial charge >= 0.3 is 0 Å². The van der Waals surface area contributed by atoms with Crippen molar-refractivity contribution < 1.29 is 4.79 Å². The first-order valence-corrected chi connectivity index (χ1v) is 5.06. The molecule has 0 amide bonds. The lowest BCUT2D eigenvalue weighted by molar-refractivity contribution is -0.119. The maximum absolute atomic E-state index is 11.2. The fourth-order valence-corrected chi connectivity index (χ4v) is 2.15. The standard InChI is InChI=1S/C10H20N2O/c1-7(13)10(12-2)6-8-3-4-9(11)5-8/h8-10,12H,3-6,11H2,1-2H3. The van der Waals surface area contributed by atoms with E-state index in [-0.39, 0.29) is 11.8 Å². The molecule has 1 rings (SSSR count). The summed E-state index contributed by atoms with van der Waals surface area (Å²) in [5, 5.41) is 3.05. The highest BCUT2D eigenvalue weighted by Gasteiger charge is 2.25. The van der Waals surface area contributed by atoms with Gasteiger partial charge in [0.1, 0.15) is 5.78 Å². The van der Waals surface area contributed by atoms with E-state index in [9.17, 15) is 4.79 Å². The summed E-state index contributed by atoms with van der Waals surface area (Å²) >= 11 is 0. The number of Topliss-reactive ketones (excluding diaryl/α,β-unsaturated/α-hetero) is 1. The molecule has 0 aromatic heterocycles. The molecule has 1 aliphatic rings. The third-order valence-corrected chi connectivity index (χ3v) is 2.99. The summed E-state index contributed by atoms with van der Waals surface area (Å²) in [6, 6.07) is 0.407. The van der Waals surface area contributed by atoms with Crippen molar-refractivity contribution in [2.75, 3.05) is 7.05 Å². The second kappa shape index (κ2) is 4.72. The summed E-state index contributed by atoms with van der Waals surface area (Å²) in [5.74, 6) is 0.888. The SMILES string of the molecule is CNC(CC1CCC(N)C1)C(C)=O. The van der Waals surface area contributed by atoms with Gasteiger partial charge in [-0.3, -0.25) is 4.79 Å². The normalized spacial score (nSPS) is 30.4. The summed E-state index contributed by atoms with van der Waals surface area (Å²) in [5.41, 5.74) is 5.81. The lowest BCUT2D eigenvalue weighted by Gasteiger charge is -2.17. The molecule has 1 fully saturated rings. The zero-order valence-electron chi connectivity index (χ0n) is 8.55. The highest BCUT2D eigenvalue weighted by atomic mass is 16.1. The topological polar surface area (TPSA) is 55.1 Å². The first-order chi connectivity index (χ1) is 6.13. The van der Waals surface area contributed by atoms with Crippen LogP contribution >= 0.6 is 0 Å². The van der Waals surface area contributed by atoms with Crippen molar-refractivity contribution >= 4 is 5.78 Å². The van der Waals surface area contributed by atoms with Crippen LogP contribution in [0.3, 0.4) is 0 Å². The van der Waals surface area contributed by atoms with Gasteiger partial charge in [-0.25, -0.2) is 0 Å². The van der Waals surface area contributed by atoms with Crippen molar-refractivity contribution in [1.29, 1.82) is 0 Å². The fraction of sp³-hybridized carbons (Fsp3) is 0.900. The van der Waals surface area contributed by atoms with E-state index >= 15 is 0 Å². The van der Waals surface area contributed by atoms with E-state index in [0.717, 1.165) is 19.3 Å². The quantitative estimate of drug-likeness (QED) is 0.675. The number of carbonyl (C=O) groups excluding carboxylic acids is 1. The molecule has 0 radical (unpaired) electrons. The number of ketones is 1. The van der Waals surface area contributed by atoms with Crippen molar-refractivity contribution in [3.8, 4) is 0 Å². The van der Waals surface area contributed by atoms with Crippen LogP contribution in [0.15, 0.2) is 0 Å². The molecule has 0 aromatic rings. The van der Waals surface area contributed by atoms with Crippen LogP contribution in [0.4, 0.5) is 0 Å². The maximum Gasteiger partial charge on any atom is 0.146 e. The molecule has 0 saturated heterocycles. The Kier molecular flexibility index (Phi) is 3.88. The molecule has 1 aliphatic carbocycles.